The molecule has 2 atom stereocenters. The molecule has 9 heteroatoms. The summed E-state index contributed by atoms with van der Waals surface area (Å²) in [6.45, 7) is 4.83. The second-order valence-corrected chi connectivity index (χ2v) is 16.0. The van der Waals surface area contributed by atoms with E-state index in [1.807, 2.05) is 21.1 Å². The van der Waals surface area contributed by atoms with Gasteiger partial charge in [-0.1, -0.05) is 154 Å². The van der Waals surface area contributed by atoms with Crippen LogP contribution in [0.1, 0.15) is 194 Å². The molecule has 0 heterocycles. The molecule has 9 nitrogen and oxygen atoms in total. The molecular weight excluding hydrogens is 670 g/mol. The van der Waals surface area contributed by atoms with Crippen LogP contribution < -0.4 is 0 Å². The molecule has 0 aromatic carbocycles. The Balaban J connectivity index is 4.27. The molecule has 0 radical (unpaired) electrons. The fraction of sp³-hybridized carbons (Fsp3) is 0.886. The van der Waals surface area contributed by atoms with Gasteiger partial charge in [0.05, 0.1) is 34.4 Å². The third kappa shape index (κ3) is 38.1. The Labute approximate surface area is 325 Å². The number of carboxylic acid groups (broad SMARTS) is 1. The van der Waals surface area contributed by atoms with Crippen LogP contribution in [-0.2, 0) is 33.3 Å². The number of nitrogens with zero attached hydrogens (tertiary/aromatic N) is 1. The zero-order valence-electron chi connectivity index (χ0n) is 35.2. The number of aliphatic carboxylic acids is 1. The minimum Gasteiger partial charge on any atom is -0.477 e. The number of ether oxygens (including phenoxy) is 4. The van der Waals surface area contributed by atoms with Gasteiger partial charge >= 0.3 is 17.9 Å². The van der Waals surface area contributed by atoms with Crippen molar-refractivity contribution in [3.8, 4) is 0 Å². The second-order valence-electron chi connectivity index (χ2n) is 16.0. The van der Waals surface area contributed by atoms with E-state index >= 15 is 0 Å². The average Bonchev–Trinajstić information content (AvgIpc) is 3.11. The van der Waals surface area contributed by atoms with E-state index < -0.39 is 24.3 Å². The van der Waals surface area contributed by atoms with Crippen LogP contribution in [0.2, 0.25) is 0 Å². The predicted molar refractivity (Wildman–Crippen MR) is 217 cm³/mol. The second kappa shape index (κ2) is 37.0. The quantitative estimate of drug-likeness (QED) is 0.0217. The topological polar surface area (TPSA) is 108 Å². The molecule has 0 aliphatic heterocycles. The molecule has 53 heavy (non-hydrogen) atoms. The molecule has 0 rings (SSSR count). The van der Waals surface area contributed by atoms with Crippen LogP contribution in [0.5, 0.6) is 0 Å². The number of carbonyl (C=O) groups excluding carboxylic acids is 2. The lowest BCUT2D eigenvalue weighted by Crippen LogP contribution is -2.40. The number of allylic oxidation sites excluding steroid dienone is 2. The van der Waals surface area contributed by atoms with Crippen molar-refractivity contribution in [2.45, 2.75) is 206 Å². The molecule has 312 valence electrons. The SMILES string of the molecule is CCCCCCCCCC/C=C\CCCCCCCCCCCC(=O)OC(COC(=O)CCCCCCCCC)COC(OCC[N+](C)(C)C)C(=O)O. The number of unbranched alkanes of at least 4 members (excludes halogenated alkanes) is 23. The van der Waals surface area contributed by atoms with E-state index in [2.05, 4.69) is 26.0 Å². The molecule has 0 aliphatic rings. The van der Waals surface area contributed by atoms with Crippen LogP contribution in [0.3, 0.4) is 0 Å². The highest BCUT2D eigenvalue weighted by Gasteiger charge is 2.25. The van der Waals surface area contributed by atoms with E-state index in [9.17, 15) is 19.5 Å². The summed E-state index contributed by atoms with van der Waals surface area (Å²) in [6, 6.07) is 0. The molecule has 0 bridgehead atoms. The zero-order valence-corrected chi connectivity index (χ0v) is 35.2. The van der Waals surface area contributed by atoms with Gasteiger partial charge in [0.2, 0.25) is 0 Å². The van der Waals surface area contributed by atoms with Crippen LogP contribution in [0.15, 0.2) is 12.2 Å². The van der Waals surface area contributed by atoms with Gasteiger partial charge in [0, 0.05) is 12.8 Å². The molecule has 1 N–H and O–H groups in total. The van der Waals surface area contributed by atoms with Gasteiger partial charge in [-0.2, -0.15) is 0 Å². The molecule has 0 amide bonds. The van der Waals surface area contributed by atoms with Gasteiger partial charge in [-0.25, -0.2) is 4.79 Å². The fourth-order valence-electron chi connectivity index (χ4n) is 6.07. The number of rotatable bonds is 40. The van der Waals surface area contributed by atoms with Crippen LogP contribution in [0.4, 0.5) is 0 Å². The average molecular weight is 755 g/mol. The maximum absolute atomic E-state index is 12.7. The molecule has 0 aromatic heterocycles. The summed E-state index contributed by atoms with van der Waals surface area (Å²) in [5.74, 6) is -2.01. The molecule has 0 saturated carbocycles. The standard InChI is InChI=1S/C44H83NO8/c1-6-8-10-12-14-15-16-17-18-19-20-21-22-23-24-25-26-27-29-31-33-35-42(47)53-40(38-51-41(46)34-32-30-28-13-11-9-7-2)39-52-44(43(48)49)50-37-36-45(3,4)5/h19-20,40,44H,6-18,21-39H2,1-5H3/p+1/b20-19-. The predicted octanol–water partition coefficient (Wildman–Crippen LogP) is 11.1. The highest BCUT2D eigenvalue weighted by Crippen LogP contribution is 2.14. The van der Waals surface area contributed by atoms with Crippen molar-refractivity contribution in [3.05, 3.63) is 12.2 Å². The third-order valence-corrected chi connectivity index (χ3v) is 9.52. The number of hydrogen-bond acceptors (Lipinski definition) is 7. The Morgan fingerprint density at radius 1 is 0.547 bits per heavy atom. The first-order valence-corrected chi connectivity index (χ1v) is 21.9. The summed E-state index contributed by atoms with van der Waals surface area (Å²) < 4.78 is 22.6. The van der Waals surface area contributed by atoms with E-state index in [1.165, 1.54) is 128 Å². The monoisotopic (exact) mass is 755 g/mol. The molecule has 0 fully saturated rings. The van der Waals surface area contributed by atoms with Gasteiger partial charge in [-0.15, -0.1) is 0 Å². The third-order valence-electron chi connectivity index (χ3n) is 9.52. The van der Waals surface area contributed by atoms with Gasteiger partial charge in [-0.3, -0.25) is 9.59 Å². The Hall–Kier alpha value is -1.97. The lowest BCUT2D eigenvalue weighted by Gasteiger charge is -2.25. The number of quaternary nitrogens is 1. The Morgan fingerprint density at radius 3 is 1.40 bits per heavy atom. The highest BCUT2D eigenvalue weighted by molar-refractivity contribution is 5.71. The summed E-state index contributed by atoms with van der Waals surface area (Å²) in [7, 11) is 5.95. The van der Waals surface area contributed by atoms with Crippen molar-refractivity contribution in [2.75, 3.05) is 47.5 Å². The molecule has 0 aliphatic carbocycles. The maximum atomic E-state index is 12.7. The van der Waals surface area contributed by atoms with E-state index in [4.69, 9.17) is 18.9 Å². The fourth-order valence-corrected chi connectivity index (χ4v) is 6.07. The van der Waals surface area contributed by atoms with Crippen molar-refractivity contribution < 1.29 is 42.9 Å². The molecule has 0 spiro atoms. The van der Waals surface area contributed by atoms with E-state index in [0.717, 1.165) is 38.5 Å². The van der Waals surface area contributed by atoms with Crippen LogP contribution >= 0.6 is 0 Å². The highest BCUT2D eigenvalue weighted by atomic mass is 16.7. The van der Waals surface area contributed by atoms with Gasteiger partial charge in [0.25, 0.3) is 6.29 Å². The van der Waals surface area contributed by atoms with E-state index in [1.54, 1.807) is 0 Å². The van der Waals surface area contributed by atoms with Crippen LogP contribution in [0.25, 0.3) is 0 Å². The molecule has 0 saturated heterocycles. The van der Waals surface area contributed by atoms with Gasteiger partial charge in [0.1, 0.15) is 13.2 Å². The summed E-state index contributed by atoms with van der Waals surface area (Å²) in [4.78, 5) is 36.8. The number of esters is 2. The first kappa shape index (κ1) is 51.0. The van der Waals surface area contributed by atoms with Crippen molar-refractivity contribution in [1.82, 2.24) is 0 Å². The molecule has 0 aromatic rings. The summed E-state index contributed by atoms with van der Waals surface area (Å²) >= 11 is 0. The summed E-state index contributed by atoms with van der Waals surface area (Å²) in [5, 5.41) is 9.59. The largest absolute Gasteiger partial charge is 0.477 e. The number of hydrogen-bond donors (Lipinski definition) is 1. The first-order valence-electron chi connectivity index (χ1n) is 21.9. The van der Waals surface area contributed by atoms with Crippen LogP contribution in [-0.4, -0.2) is 87.4 Å². The molecular formula is C44H84NO8+. The van der Waals surface area contributed by atoms with Crippen LogP contribution in [0, 0.1) is 0 Å². The zero-order chi connectivity index (χ0) is 39.3. The summed E-state index contributed by atoms with van der Waals surface area (Å²) in [5.41, 5.74) is 0. The lowest BCUT2D eigenvalue weighted by molar-refractivity contribution is -0.870. The minimum absolute atomic E-state index is 0.179. The van der Waals surface area contributed by atoms with Crippen molar-refractivity contribution in [3.63, 3.8) is 0 Å². The first-order chi connectivity index (χ1) is 25.6. The van der Waals surface area contributed by atoms with Crippen molar-refractivity contribution in [2.24, 2.45) is 0 Å². The van der Waals surface area contributed by atoms with E-state index in [0.29, 0.717) is 17.4 Å². The normalized spacial score (nSPS) is 13.0. The Morgan fingerprint density at radius 2 is 0.962 bits per heavy atom. The number of carboxylic acids is 1. The minimum atomic E-state index is -1.50. The Kier molecular flexibility index (Phi) is 35.6. The lowest BCUT2D eigenvalue weighted by atomic mass is 10.1. The van der Waals surface area contributed by atoms with Gasteiger partial charge in [0.15, 0.2) is 6.10 Å². The van der Waals surface area contributed by atoms with Crippen molar-refractivity contribution in [1.29, 1.82) is 0 Å². The Bertz CT molecular complexity index is 887. The van der Waals surface area contributed by atoms with Gasteiger partial charge < -0.3 is 28.5 Å². The number of likely N-dealkylation sites (N-methyl/N-ethyl adjacent to an activating group) is 1. The molecule has 2 unspecified atom stereocenters. The van der Waals surface area contributed by atoms with E-state index in [-0.39, 0.29) is 32.2 Å². The van der Waals surface area contributed by atoms with Gasteiger partial charge in [-0.05, 0) is 38.5 Å². The summed E-state index contributed by atoms with van der Waals surface area (Å²) in [6.07, 6.45) is 34.4. The maximum Gasteiger partial charge on any atom is 0.361 e. The smallest absolute Gasteiger partial charge is 0.361 e. The number of carbonyl (C=O) groups is 3. The van der Waals surface area contributed by atoms with Crippen molar-refractivity contribution >= 4 is 17.9 Å².